The summed E-state index contributed by atoms with van der Waals surface area (Å²) in [6.45, 7) is 2.86. The summed E-state index contributed by atoms with van der Waals surface area (Å²) in [5, 5.41) is 9.81. The molecule has 0 radical (unpaired) electrons. The van der Waals surface area contributed by atoms with Crippen molar-refractivity contribution >= 4 is 28.3 Å². The molecule has 0 saturated carbocycles. The van der Waals surface area contributed by atoms with Crippen molar-refractivity contribution in [1.82, 2.24) is 19.9 Å². The van der Waals surface area contributed by atoms with Gasteiger partial charge in [0.1, 0.15) is 23.3 Å². The van der Waals surface area contributed by atoms with Gasteiger partial charge in [0.2, 0.25) is 5.88 Å². The number of alkyl halides is 1. The molecule has 6 rings (SSSR count). The van der Waals surface area contributed by atoms with E-state index in [9.17, 15) is 13.9 Å². The van der Waals surface area contributed by atoms with Gasteiger partial charge >= 0.3 is 6.01 Å². The average Bonchev–Trinajstić information content (AvgIpc) is 3.17. The summed E-state index contributed by atoms with van der Waals surface area (Å²) in [5.74, 6) is -0.144. The van der Waals surface area contributed by atoms with E-state index in [1.54, 1.807) is 0 Å². The summed E-state index contributed by atoms with van der Waals surface area (Å²) in [6.07, 6.45) is 8.36. The number of ether oxygens (including phenoxy) is 1. The number of rotatable bonds is 0. The fourth-order valence-electron chi connectivity index (χ4n) is 4.70. The fourth-order valence-corrected chi connectivity index (χ4v) is 4.87. The monoisotopic (exact) mass is 688 g/mol. The summed E-state index contributed by atoms with van der Waals surface area (Å²) in [5.41, 5.74) is -0.0737. The van der Waals surface area contributed by atoms with E-state index in [1.165, 1.54) is 12.5 Å². The van der Waals surface area contributed by atoms with E-state index in [0.717, 1.165) is 32.2 Å². The van der Waals surface area contributed by atoms with Gasteiger partial charge in [-0.3, -0.25) is 0 Å². The third-order valence-corrected chi connectivity index (χ3v) is 6.38. The van der Waals surface area contributed by atoms with E-state index >= 15 is 0 Å². The molecule has 0 aliphatic carbocycles. The largest absolute Gasteiger partial charge is 0.479 e. The number of anilines is 1. The van der Waals surface area contributed by atoms with E-state index in [0.29, 0.717) is 30.9 Å². The van der Waals surface area contributed by atoms with Crippen LogP contribution in [0.1, 0.15) is 32.1 Å². The second kappa shape index (κ2) is 9.96. The van der Waals surface area contributed by atoms with Crippen molar-refractivity contribution in [2.75, 3.05) is 31.1 Å². The molecule has 11 heteroatoms. The number of halogens is 3. The number of aromatic hydroxyl groups is 1. The van der Waals surface area contributed by atoms with Gasteiger partial charge < -0.3 is 19.6 Å². The number of fused-ring (bicyclic) bond motifs is 3. The zero-order valence-electron chi connectivity index (χ0n) is 17.4. The second-order valence-corrected chi connectivity index (χ2v) is 8.52. The Kier molecular flexibility index (Phi) is 7.45. The van der Waals surface area contributed by atoms with E-state index in [-0.39, 0.29) is 53.7 Å². The number of aromatic nitrogens is 3. The molecule has 32 heavy (non-hydrogen) atoms. The van der Waals surface area contributed by atoms with Crippen LogP contribution in [0.4, 0.5) is 14.6 Å². The fraction of sp³-hybridized carbons (Fsp3) is 0.524. The molecule has 4 aliphatic rings. The quantitative estimate of drug-likeness (QED) is 0.257. The smallest absolute Gasteiger partial charge is 0.316 e. The molecule has 0 bridgehead atoms. The Morgan fingerprint density at radius 1 is 1.22 bits per heavy atom. The van der Waals surface area contributed by atoms with E-state index in [1.807, 2.05) is 4.90 Å². The number of pyridine rings is 1. The number of hydrogen-bond acceptors (Lipinski definition) is 7. The van der Waals surface area contributed by atoms with Gasteiger partial charge in [0, 0.05) is 37.7 Å². The third kappa shape index (κ3) is 4.57. The van der Waals surface area contributed by atoms with Crippen LogP contribution in [0.15, 0.2) is 12.2 Å². The summed E-state index contributed by atoms with van der Waals surface area (Å²) in [7, 11) is 0. The van der Waals surface area contributed by atoms with Crippen LogP contribution in [0.2, 0.25) is 5.15 Å². The Bertz CT molecular complexity index is 1020. The van der Waals surface area contributed by atoms with Gasteiger partial charge in [-0.15, -0.1) is 6.42 Å². The van der Waals surface area contributed by atoms with Crippen molar-refractivity contribution in [3.8, 4) is 11.9 Å². The molecule has 2 aromatic heterocycles. The first kappa shape index (κ1) is 23.9. The van der Waals surface area contributed by atoms with E-state index in [2.05, 4.69) is 32.0 Å². The van der Waals surface area contributed by atoms with Gasteiger partial charge in [0.25, 0.3) is 0 Å². The minimum absolute atomic E-state index is 0. The first-order valence-corrected chi connectivity index (χ1v) is 10.9. The van der Waals surface area contributed by atoms with Crippen molar-refractivity contribution in [3.05, 3.63) is 29.2 Å². The maximum absolute atomic E-state index is 14.3. The summed E-state index contributed by atoms with van der Waals surface area (Å²) in [6, 6.07) is 0.905. The minimum atomic E-state index is -0.783. The van der Waals surface area contributed by atoms with Gasteiger partial charge in [0.15, 0.2) is 11.0 Å². The van der Waals surface area contributed by atoms with Gasteiger partial charge in [-0.05, 0) is 25.9 Å². The normalized spacial score (nSPS) is 24.5. The van der Waals surface area contributed by atoms with Crippen LogP contribution in [-0.4, -0.2) is 63.4 Å². The predicted molar refractivity (Wildman–Crippen MR) is 113 cm³/mol. The van der Waals surface area contributed by atoms with Gasteiger partial charge in [-0.2, -0.15) is 21.4 Å². The Balaban J connectivity index is 0.000000205. The zero-order chi connectivity index (χ0) is 21.5. The second-order valence-electron chi connectivity index (χ2n) is 8.16. The van der Waals surface area contributed by atoms with Gasteiger partial charge in [-0.25, -0.2) is 14.8 Å². The molecule has 0 amide bonds. The molecule has 170 valence electrons. The minimum Gasteiger partial charge on any atom is -0.479 e. The molecular weight excluding hydrogens is 666 g/mol. The molecule has 2 saturated heterocycles. The molecule has 0 unspecified atom stereocenters. The molecule has 0 spiro atoms. The Morgan fingerprint density at radius 2 is 2.06 bits per heavy atom. The van der Waals surface area contributed by atoms with Crippen LogP contribution in [0.25, 0.3) is 10.9 Å². The first-order chi connectivity index (χ1) is 15.0. The summed E-state index contributed by atoms with van der Waals surface area (Å²) in [4.78, 5) is 16.0. The molecule has 7 nitrogen and oxygen atoms in total. The van der Waals surface area contributed by atoms with Gasteiger partial charge in [0.05, 0.1) is 12.2 Å². The van der Waals surface area contributed by atoms with Crippen LogP contribution in [0.5, 0.6) is 11.9 Å². The Morgan fingerprint density at radius 3 is 2.88 bits per heavy atom. The van der Waals surface area contributed by atoms with Crippen LogP contribution in [-0.2, 0) is 0 Å². The maximum Gasteiger partial charge on any atom is 0.316 e. The number of hydrogen-bond donors (Lipinski definition) is 1. The molecule has 2 aromatic rings. The maximum atomic E-state index is 14.3. The topological polar surface area (TPSA) is 74.6 Å². The zero-order valence-corrected chi connectivity index (χ0v) is 22.3. The Hall–Kier alpha value is -1.21. The Labute approximate surface area is 213 Å². The molecule has 6 heterocycles. The van der Waals surface area contributed by atoms with Crippen LogP contribution < -0.4 is 9.64 Å². The van der Waals surface area contributed by atoms with Crippen molar-refractivity contribution in [2.24, 2.45) is 0 Å². The van der Waals surface area contributed by atoms with Crippen LogP contribution in [0.3, 0.4) is 0 Å². The van der Waals surface area contributed by atoms with Crippen molar-refractivity contribution in [3.63, 3.8) is 0 Å². The predicted octanol–water partition coefficient (Wildman–Crippen LogP) is 3.80. The van der Waals surface area contributed by atoms with Crippen molar-refractivity contribution < 1.29 is 49.7 Å². The van der Waals surface area contributed by atoms with Crippen molar-refractivity contribution in [1.29, 1.82) is 0 Å². The van der Waals surface area contributed by atoms with Crippen LogP contribution >= 0.6 is 11.6 Å². The van der Waals surface area contributed by atoms with Crippen molar-refractivity contribution in [2.45, 2.75) is 44.3 Å². The molecular formula is C21H23ClF2N5O2U-. The first-order valence-electron chi connectivity index (χ1n) is 10.5. The molecule has 1 N–H and O–H groups in total. The summed E-state index contributed by atoms with van der Waals surface area (Å²) < 4.78 is 32.6. The third-order valence-electron chi connectivity index (χ3n) is 6.13. The van der Waals surface area contributed by atoms with E-state index < -0.39 is 18.0 Å². The summed E-state index contributed by atoms with van der Waals surface area (Å²) >= 11 is 5.80. The molecule has 2 atom stereocenters. The van der Waals surface area contributed by atoms with Crippen LogP contribution in [0, 0.1) is 43.0 Å². The number of nitrogens with zero attached hydrogens (tertiary/aromatic N) is 5. The molecule has 0 aromatic carbocycles. The standard InChI is InChI=1S/C14H12ClFN4O2.C7H11FN.U/c15-11-9(16)10-8-12(19-14(21)17-10)20-5-3-1-2-4-7(20)6-22-13(8)18-11;8-6-4-7-2-1-3-9(7)5-6;/h1-2,7H,3-6H2,(H,17,19,21);6H,1-5H2;/q;-1;/t7-;6-;/m01./s1. The molecule has 4 aliphatic heterocycles. The van der Waals surface area contributed by atoms with Gasteiger partial charge in [-0.1, -0.05) is 30.2 Å². The molecule has 2 fully saturated rings. The van der Waals surface area contributed by atoms with E-state index in [4.69, 9.17) is 16.3 Å². The SMILES string of the molecule is F[C@@H]1C[C-]2CCCN2C1.Oc1nc2c3c(nc(Cl)c(F)c3n1)OC[C@@H]1CC=CCCN21.[U]. The average molecular weight is 689 g/mol.